The minimum Gasteiger partial charge on any atom is -0.495 e. The van der Waals surface area contributed by atoms with Crippen molar-refractivity contribution in [3.63, 3.8) is 0 Å². The van der Waals surface area contributed by atoms with Gasteiger partial charge in [0.25, 0.3) is 0 Å². The van der Waals surface area contributed by atoms with E-state index < -0.39 is 0 Å². The van der Waals surface area contributed by atoms with Crippen LogP contribution in [0.4, 0.5) is 5.69 Å². The number of carbonyl (C=O) groups is 1. The Balaban J connectivity index is 3.11. The van der Waals surface area contributed by atoms with Crippen molar-refractivity contribution in [2.75, 3.05) is 25.6 Å². The molecule has 0 aromatic heterocycles. The molecule has 0 fully saturated rings. The molecule has 1 aromatic rings. The van der Waals surface area contributed by atoms with Gasteiger partial charge in [-0.15, -0.1) is 0 Å². The highest BCUT2D eigenvalue weighted by molar-refractivity contribution is 6.31. The lowest BCUT2D eigenvalue weighted by Crippen LogP contribution is -2.28. The third-order valence-corrected chi connectivity index (χ3v) is 2.96. The Labute approximate surface area is 106 Å². The van der Waals surface area contributed by atoms with E-state index in [0.717, 1.165) is 5.56 Å². The van der Waals surface area contributed by atoms with Gasteiger partial charge in [-0.25, -0.2) is 0 Å². The molecule has 0 saturated heterocycles. The van der Waals surface area contributed by atoms with E-state index in [-0.39, 0.29) is 5.91 Å². The second-order valence-corrected chi connectivity index (χ2v) is 4.17. The van der Waals surface area contributed by atoms with Crippen LogP contribution in [0.5, 0.6) is 5.75 Å². The molecule has 0 atom stereocenters. The van der Waals surface area contributed by atoms with E-state index in [1.54, 1.807) is 20.2 Å². The minimum atomic E-state index is -0.0641. The van der Waals surface area contributed by atoms with E-state index in [1.807, 2.05) is 13.0 Å². The molecule has 0 aliphatic carbocycles. The van der Waals surface area contributed by atoms with Crippen LogP contribution in [0, 0.1) is 6.92 Å². The largest absolute Gasteiger partial charge is 0.495 e. The molecule has 0 unspecified atom stereocenters. The van der Waals surface area contributed by atoms with Crippen molar-refractivity contribution in [1.82, 2.24) is 0 Å². The summed E-state index contributed by atoms with van der Waals surface area (Å²) < 4.78 is 5.25. The van der Waals surface area contributed by atoms with Crippen molar-refractivity contribution >= 4 is 23.2 Å². The lowest BCUT2D eigenvalue weighted by Gasteiger charge is -2.20. The van der Waals surface area contributed by atoms with Crippen molar-refractivity contribution < 1.29 is 9.53 Å². The van der Waals surface area contributed by atoms with Crippen molar-refractivity contribution in [3.8, 4) is 5.75 Å². The Hall–Kier alpha value is -1.26. The number of anilines is 1. The zero-order valence-corrected chi connectivity index (χ0v) is 11.0. The molecule has 0 heterocycles. The van der Waals surface area contributed by atoms with E-state index in [4.69, 9.17) is 22.1 Å². The average Bonchev–Trinajstić information content (AvgIpc) is 2.31. The monoisotopic (exact) mass is 256 g/mol. The summed E-state index contributed by atoms with van der Waals surface area (Å²) >= 11 is 6.05. The number of amides is 1. The minimum absolute atomic E-state index is 0.0641. The van der Waals surface area contributed by atoms with Gasteiger partial charge in [0, 0.05) is 25.0 Å². The van der Waals surface area contributed by atoms with Crippen molar-refractivity contribution in [1.29, 1.82) is 0 Å². The number of nitrogens with two attached hydrogens (primary N) is 1. The molecule has 4 nitrogen and oxygen atoms in total. The predicted octanol–water partition coefficient (Wildman–Crippen LogP) is 1.97. The van der Waals surface area contributed by atoms with Gasteiger partial charge < -0.3 is 15.4 Å². The molecule has 0 bridgehead atoms. The predicted molar refractivity (Wildman–Crippen MR) is 69.8 cm³/mol. The third-order valence-electron chi connectivity index (χ3n) is 2.55. The van der Waals surface area contributed by atoms with E-state index in [2.05, 4.69) is 0 Å². The van der Waals surface area contributed by atoms with E-state index in [9.17, 15) is 4.79 Å². The highest BCUT2D eigenvalue weighted by Crippen LogP contribution is 2.33. The number of aryl methyl sites for hydroxylation is 1. The topological polar surface area (TPSA) is 55.6 Å². The van der Waals surface area contributed by atoms with Gasteiger partial charge in [0.15, 0.2) is 0 Å². The van der Waals surface area contributed by atoms with Crippen LogP contribution in [-0.4, -0.2) is 26.6 Å². The van der Waals surface area contributed by atoms with Crippen LogP contribution < -0.4 is 15.4 Å². The lowest BCUT2D eigenvalue weighted by atomic mass is 10.2. The molecule has 94 valence electrons. The SMILES string of the molecule is COc1cc(C)c(Cl)cc1N(C)C(=O)CCN. The second kappa shape index (κ2) is 5.89. The van der Waals surface area contributed by atoms with Crippen molar-refractivity contribution in [2.24, 2.45) is 5.73 Å². The third kappa shape index (κ3) is 3.11. The van der Waals surface area contributed by atoms with Crippen LogP contribution in [0.1, 0.15) is 12.0 Å². The van der Waals surface area contributed by atoms with E-state index in [1.165, 1.54) is 4.90 Å². The summed E-state index contributed by atoms with van der Waals surface area (Å²) in [5.41, 5.74) is 6.93. The van der Waals surface area contributed by atoms with Gasteiger partial charge in [0.05, 0.1) is 12.8 Å². The maximum Gasteiger partial charge on any atom is 0.228 e. The summed E-state index contributed by atoms with van der Waals surface area (Å²) in [5.74, 6) is 0.561. The molecule has 1 aromatic carbocycles. The highest BCUT2D eigenvalue weighted by Gasteiger charge is 2.16. The summed E-state index contributed by atoms with van der Waals surface area (Å²) in [4.78, 5) is 13.3. The molecule has 0 aliphatic heterocycles. The first kappa shape index (κ1) is 13.8. The van der Waals surface area contributed by atoms with E-state index in [0.29, 0.717) is 29.4 Å². The van der Waals surface area contributed by atoms with Crippen LogP contribution in [0.15, 0.2) is 12.1 Å². The molecule has 5 heteroatoms. The zero-order chi connectivity index (χ0) is 13.0. The quantitative estimate of drug-likeness (QED) is 0.896. The van der Waals surface area contributed by atoms with Crippen LogP contribution in [0.2, 0.25) is 5.02 Å². The lowest BCUT2D eigenvalue weighted by molar-refractivity contribution is -0.118. The average molecular weight is 257 g/mol. The number of nitrogens with zero attached hydrogens (tertiary/aromatic N) is 1. The smallest absolute Gasteiger partial charge is 0.228 e. The summed E-state index contributed by atoms with van der Waals surface area (Å²) in [6.07, 6.45) is 0.297. The standard InChI is InChI=1S/C12H17ClN2O2/c1-8-6-11(17-3)10(7-9(8)13)15(2)12(16)4-5-14/h6-7H,4-5,14H2,1-3H3. The summed E-state index contributed by atoms with van der Waals surface area (Å²) in [5, 5.41) is 0.605. The fourth-order valence-electron chi connectivity index (χ4n) is 1.50. The number of methoxy groups -OCH3 is 1. The van der Waals surface area contributed by atoms with Gasteiger partial charge in [-0.2, -0.15) is 0 Å². The number of ether oxygens (including phenoxy) is 1. The number of hydrogen-bond donors (Lipinski definition) is 1. The number of benzene rings is 1. The van der Waals surface area contributed by atoms with Gasteiger partial charge in [-0.05, 0) is 24.6 Å². The van der Waals surface area contributed by atoms with Crippen LogP contribution >= 0.6 is 11.6 Å². The van der Waals surface area contributed by atoms with Crippen LogP contribution in [-0.2, 0) is 4.79 Å². The van der Waals surface area contributed by atoms with Gasteiger partial charge in [-0.1, -0.05) is 11.6 Å². The molecular weight excluding hydrogens is 240 g/mol. The maximum atomic E-state index is 11.8. The van der Waals surface area contributed by atoms with Crippen LogP contribution in [0.25, 0.3) is 0 Å². The Kier molecular flexibility index (Phi) is 4.78. The molecule has 17 heavy (non-hydrogen) atoms. The summed E-state index contributed by atoms with van der Waals surface area (Å²) in [6.45, 7) is 2.21. The fraction of sp³-hybridized carbons (Fsp3) is 0.417. The normalized spacial score (nSPS) is 10.2. The van der Waals surface area contributed by atoms with Crippen molar-refractivity contribution in [3.05, 3.63) is 22.7 Å². The summed E-state index contributed by atoms with van der Waals surface area (Å²) in [7, 11) is 3.24. The Morgan fingerprint density at radius 3 is 2.71 bits per heavy atom. The van der Waals surface area contributed by atoms with Gasteiger partial charge in [0.2, 0.25) is 5.91 Å². The number of carbonyl (C=O) groups excluding carboxylic acids is 1. The van der Waals surface area contributed by atoms with Gasteiger partial charge in [-0.3, -0.25) is 4.79 Å². The van der Waals surface area contributed by atoms with Crippen molar-refractivity contribution in [2.45, 2.75) is 13.3 Å². The molecule has 0 aliphatic rings. The first-order valence-corrected chi connectivity index (χ1v) is 5.69. The zero-order valence-electron chi connectivity index (χ0n) is 10.3. The molecule has 0 radical (unpaired) electrons. The number of rotatable bonds is 4. The first-order valence-electron chi connectivity index (χ1n) is 5.32. The highest BCUT2D eigenvalue weighted by atomic mass is 35.5. The van der Waals surface area contributed by atoms with Gasteiger partial charge in [0.1, 0.15) is 5.75 Å². The molecule has 0 saturated carbocycles. The molecular formula is C12H17ClN2O2. The number of halogens is 1. The van der Waals surface area contributed by atoms with Gasteiger partial charge >= 0.3 is 0 Å². The maximum absolute atomic E-state index is 11.8. The molecule has 2 N–H and O–H groups in total. The fourth-order valence-corrected chi connectivity index (χ4v) is 1.65. The van der Waals surface area contributed by atoms with E-state index >= 15 is 0 Å². The second-order valence-electron chi connectivity index (χ2n) is 3.76. The first-order chi connectivity index (χ1) is 8.01. The Morgan fingerprint density at radius 1 is 1.53 bits per heavy atom. The Morgan fingerprint density at radius 2 is 2.18 bits per heavy atom. The Bertz CT molecular complexity index is 421. The molecule has 1 rings (SSSR count). The van der Waals surface area contributed by atoms with Crippen LogP contribution in [0.3, 0.4) is 0 Å². The molecule has 0 spiro atoms. The number of hydrogen-bond acceptors (Lipinski definition) is 3. The summed E-state index contributed by atoms with van der Waals surface area (Å²) in [6, 6.07) is 3.54. The molecule has 1 amide bonds.